The fourth-order valence-electron chi connectivity index (χ4n) is 3.80. The number of aliphatic hydroxyl groups is 1. The van der Waals surface area contributed by atoms with Gasteiger partial charge >= 0.3 is 0 Å². The molecule has 0 aromatic carbocycles. The van der Waals surface area contributed by atoms with Gasteiger partial charge in [-0.2, -0.15) is 0 Å². The third-order valence-electron chi connectivity index (χ3n) is 5.40. The highest BCUT2D eigenvalue weighted by Gasteiger charge is 2.44. The minimum absolute atomic E-state index is 0.0605. The zero-order chi connectivity index (χ0) is 17.2. The Labute approximate surface area is 142 Å². The summed E-state index contributed by atoms with van der Waals surface area (Å²) in [6, 6.07) is 5.12. The van der Waals surface area contributed by atoms with Crippen molar-refractivity contribution >= 4 is 5.91 Å². The van der Waals surface area contributed by atoms with Gasteiger partial charge in [-0.3, -0.25) is 9.59 Å². The molecule has 0 aliphatic carbocycles. The Kier molecular flexibility index (Phi) is 5.06. The van der Waals surface area contributed by atoms with Crippen LogP contribution in [0.3, 0.4) is 0 Å². The maximum absolute atomic E-state index is 12.5. The molecule has 1 aromatic rings. The second-order valence-corrected chi connectivity index (χ2v) is 6.86. The molecule has 1 spiro atoms. The molecule has 6 heteroatoms. The molecule has 132 valence electrons. The molecule has 0 saturated carbocycles. The summed E-state index contributed by atoms with van der Waals surface area (Å²) in [4.78, 5) is 26.1. The zero-order valence-corrected chi connectivity index (χ0v) is 14.2. The number of aryl methyl sites for hydroxylation is 1. The minimum atomic E-state index is -0.456. The van der Waals surface area contributed by atoms with Crippen LogP contribution < -0.4 is 5.56 Å². The number of amides is 1. The van der Waals surface area contributed by atoms with Gasteiger partial charge in [-0.15, -0.1) is 0 Å². The Morgan fingerprint density at radius 1 is 1.38 bits per heavy atom. The third kappa shape index (κ3) is 3.39. The lowest BCUT2D eigenvalue weighted by Gasteiger charge is -2.46. The molecular formula is C18H26N2O4. The fourth-order valence-corrected chi connectivity index (χ4v) is 3.80. The quantitative estimate of drug-likeness (QED) is 0.898. The third-order valence-corrected chi connectivity index (χ3v) is 5.40. The van der Waals surface area contributed by atoms with E-state index in [4.69, 9.17) is 4.74 Å². The topological polar surface area (TPSA) is 71.8 Å². The monoisotopic (exact) mass is 334 g/mol. The number of nitrogens with zero attached hydrogens (tertiary/aromatic N) is 2. The van der Waals surface area contributed by atoms with Gasteiger partial charge in [0.05, 0.1) is 11.7 Å². The first-order valence-corrected chi connectivity index (χ1v) is 8.78. The van der Waals surface area contributed by atoms with E-state index in [1.165, 1.54) is 6.07 Å². The first-order chi connectivity index (χ1) is 11.5. The van der Waals surface area contributed by atoms with Crippen LogP contribution in [0.1, 0.15) is 37.8 Å². The summed E-state index contributed by atoms with van der Waals surface area (Å²) in [7, 11) is 0. The number of rotatable bonds is 3. The van der Waals surface area contributed by atoms with Crippen molar-refractivity contribution in [3.8, 4) is 0 Å². The molecule has 0 radical (unpaired) electrons. The van der Waals surface area contributed by atoms with Crippen molar-refractivity contribution in [2.75, 3.05) is 19.7 Å². The molecule has 2 saturated heterocycles. The lowest BCUT2D eigenvalue weighted by molar-refractivity contribution is -0.179. The van der Waals surface area contributed by atoms with E-state index >= 15 is 0 Å². The molecule has 1 aromatic heterocycles. The SMILES string of the molecule is Cc1cccc(=O)n1CCC(=O)N1CCC2(CC1)OCCC[C@@H]2O. The summed E-state index contributed by atoms with van der Waals surface area (Å²) >= 11 is 0. The summed E-state index contributed by atoms with van der Waals surface area (Å²) in [6.45, 7) is 4.20. The molecule has 1 amide bonds. The molecule has 2 aliphatic rings. The Morgan fingerprint density at radius 3 is 2.79 bits per heavy atom. The van der Waals surface area contributed by atoms with Gasteiger partial charge < -0.3 is 19.3 Å². The average Bonchev–Trinajstić information content (AvgIpc) is 2.58. The Bertz CT molecular complexity index is 647. The first-order valence-electron chi connectivity index (χ1n) is 8.78. The summed E-state index contributed by atoms with van der Waals surface area (Å²) < 4.78 is 7.51. The number of piperidine rings is 1. The van der Waals surface area contributed by atoms with Gasteiger partial charge in [0.25, 0.3) is 5.56 Å². The maximum atomic E-state index is 12.5. The van der Waals surface area contributed by atoms with Crippen molar-refractivity contribution in [2.24, 2.45) is 0 Å². The smallest absolute Gasteiger partial charge is 0.250 e. The first kappa shape index (κ1) is 17.2. The second-order valence-electron chi connectivity index (χ2n) is 6.86. The molecule has 0 bridgehead atoms. The summed E-state index contributed by atoms with van der Waals surface area (Å²) in [5, 5.41) is 10.3. The molecule has 6 nitrogen and oxygen atoms in total. The molecule has 1 N–H and O–H groups in total. The average molecular weight is 334 g/mol. The number of aromatic nitrogens is 1. The van der Waals surface area contributed by atoms with Gasteiger partial charge in [0.1, 0.15) is 0 Å². The summed E-state index contributed by atoms with van der Waals surface area (Å²) in [5.74, 6) is 0.0605. The van der Waals surface area contributed by atoms with Crippen molar-refractivity contribution in [1.29, 1.82) is 0 Å². The Morgan fingerprint density at radius 2 is 2.12 bits per heavy atom. The fraction of sp³-hybridized carbons (Fsp3) is 0.667. The number of ether oxygens (including phenoxy) is 1. The summed E-state index contributed by atoms with van der Waals surface area (Å²) in [6.07, 6.45) is 2.95. The number of carbonyl (C=O) groups is 1. The molecule has 2 fully saturated rings. The Hall–Kier alpha value is -1.66. The van der Waals surface area contributed by atoms with Crippen LogP contribution in [-0.2, 0) is 16.1 Å². The molecule has 2 aliphatic heterocycles. The van der Waals surface area contributed by atoms with Gasteiger partial charge in [0, 0.05) is 44.4 Å². The van der Waals surface area contributed by atoms with E-state index in [1.807, 2.05) is 17.9 Å². The highest BCUT2D eigenvalue weighted by Crippen LogP contribution is 2.35. The van der Waals surface area contributed by atoms with E-state index in [1.54, 1.807) is 10.6 Å². The van der Waals surface area contributed by atoms with E-state index in [0.29, 0.717) is 45.5 Å². The zero-order valence-electron chi connectivity index (χ0n) is 14.2. The van der Waals surface area contributed by atoms with Crippen molar-refractivity contribution in [2.45, 2.75) is 57.3 Å². The van der Waals surface area contributed by atoms with Gasteiger partial charge in [0.15, 0.2) is 0 Å². The van der Waals surface area contributed by atoms with Gasteiger partial charge in [0.2, 0.25) is 5.91 Å². The van der Waals surface area contributed by atoms with Gasteiger partial charge in [-0.05, 0) is 38.7 Å². The lowest BCUT2D eigenvalue weighted by Crippen LogP contribution is -2.56. The van der Waals surface area contributed by atoms with E-state index in [9.17, 15) is 14.7 Å². The highest BCUT2D eigenvalue weighted by molar-refractivity contribution is 5.76. The number of hydrogen-bond acceptors (Lipinski definition) is 4. The summed E-state index contributed by atoms with van der Waals surface area (Å²) in [5.41, 5.74) is 0.341. The van der Waals surface area contributed by atoms with E-state index in [0.717, 1.165) is 18.5 Å². The van der Waals surface area contributed by atoms with Crippen molar-refractivity contribution in [3.05, 3.63) is 34.2 Å². The molecular weight excluding hydrogens is 308 g/mol. The van der Waals surface area contributed by atoms with Crippen LogP contribution in [0.2, 0.25) is 0 Å². The molecule has 0 unspecified atom stereocenters. The van der Waals surface area contributed by atoms with Gasteiger partial charge in [-0.25, -0.2) is 0 Å². The number of carbonyl (C=O) groups excluding carboxylic acids is 1. The number of aliphatic hydroxyl groups excluding tert-OH is 1. The minimum Gasteiger partial charge on any atom is -0.390 e. The van der Waals surface area contributed by atoms with Crippen LogP contribution >= 0.6 is 0 Å². The molecule has 1 atom stereocenters. The molecule has 3 rings (SSSR count). The molecule has 3 heterocycles. The maximum Gasteiger partial charge on any atom is 0.250 e. The van der Waals surface area contributed by atoms with Crippen LogP contribution in [0.5, 0.6) is 0 Å². The van der Waals surface area contributed by atoms with Gasteiger partial charge in [-0.1, -0.05) is 6.07 Å². The lowest BCUT2D eigenvalue weighted by atomic mass is 9.82. The standard InChI is InChI=1S/C18H26N2O4/c1-14-4-2-6-17(23)20(14)10-7-16(22)19-11-8-18(9-12-19)15(21)5-3-13-24-18/h2,4,6,15,21H,3,5,7-13H2,1H3/t15-/m0/s1. The predicted octanol–water partition coefficient (Wildman–Crippen LogP) is 1.08. The van der Waals surface area contributed by atoms with Crippen molar-refractivity contribution in [3.63, 3.8) is 0 Å². The number of hydrogen-bond donors (Lipinski definition) is 1. The van der Waals surface area contributed by atoms with Crippen LogP contribution in [0.15, 0.2) is 23.0 Å². The number of pyridine rings is 1. The normalized spacial score (nSPS) is 23.4. The van der Waals surface area contributed by atoms with Crippen LogP contribution in [0, 0.1) is 6.92 Å². The predicted molar refractivity (Wildman–Crippen MR) is 89.8 cm³/mol. The van der Waals surface area contributed by atoms with Crippen LogP contribution in [0.4, 0.5) is 0 Å². The number of likely N-dealkylation sites (tertiary alicyclic amines) is 1. The van der Waals surface area contributed by atoms with E-state index < -0.39 is 11.7 Å². The van der Waals surface area contributed by atoms with Crippen molar-refractivity contribution in [1.82, 2.24) is 9.47 Å². The second kappa shape index (κ2) is 7.07. The van der Waals surface area contributed by atoms with Crippen molar-refractivity contribution < 1.29 is 14.6 Å². The van der Waals surface area contributed by atoms with Crippen LogP contribution in [0.25, 0.3) is 0 Å². The van der Waals surface area contributed by atoms with E-state index in [-0.39, 0.29) is 11.5 Å². The highest BCUT2D eigenvalue weighted by atomic mass is 16.5. The molecule has 24 heavy (non-hydrogen) atoms. The Balaban J connectivity index is 1.55. The van der Waals surface area contributed by atoms with E-state index in [2.05, 4.69) is 0 Å². The largest absolute Gasteiger partial charge is 0.390 e. The van der Waals surface area contributed by atoms with Crippen LogP contribution in [-0.4, -0.2) is 51.9 Å².